The van der Waals surface area contributed by atoms with Gasteiger partial charge in [-0.2, -0.15) is 0 Å². The van der Waals surface area contributed by atoms with Gasteiger partial charge >= 0.3 is 0 Å². The highest BCUT2D eigenvalue weighted by molar-refractivity contribution is 5.23. The molecule has 4 heteroatoms. The number of benzene rings is 1. The number of rotatable bonds is 3. The molecular weight excluding hydrogens is 251 g/mol. The normalized spacial score (nSPS) is 25.3. The third-order valence-corrected chi connectivity index (χ3v) is 4.12. The Balaban J connectivity index is 2.26. The topological polar surface area (TPSA) is 12.0 Å². The Kier molecular flexibility index (Phi) is 4.50. The van der Waals surface area contributed by atoms with Gasteiger partial charge < -0.3 is 5.32 Å². The summed E-state index contributed by atoms with van der Waals surface area (Å²) in [4.78, 5) is 0. The van der Waals surface area contributed by atoms with Crippen LogP contribution in [0.4, 0.5) is 13.2 Å². The first-order valence-corrected chi connectivity index (χ1v) is 6.84. The molecule has 106 valence electrons. The summed E-state index contributed by atoms with van der Waals surface area (Å²) in [5.74, 6) is -2.64. The maximum atomic E-state index is 13.3. The maximum Gasteiger partial charge on any atom is 0.194 e. The van der Waals surface area contributed by atoms with E-state index in [0.717, 1.165) is 31.4 Å². The molecule has 2 rings (SSSR count). The average Bonchev–Trinajstić information content (AvgIpc) is 2.37. The van der Waals surface area contributed by atoms with Gasteiger partial charge in [-0.25, -0.2) is 13.2 Å². The second kappa shape index (κ2) is 5.95. The first kappa shape index (κ1) is 14.4. The zero-order valence-corrected chi connectivity index (χ0v) is 11.3. The molecule has 1 N–H and O–H groups in total. The summed E-state index contributed by atoms with van der Waals surface area (Å²) in [7, 11) is 1.78. The average molecular weight is 271 g/mol. The molecule has 0 radical (unpaired) electrons. The van der Waals surface area contributed by atoms with Crippen LogP contribution in [-0.2, 0) is 0 Å². The second-order valence-corrected chi connectivity index (χ2v) is 5.60. The van der Waals surface area contributed by atoms with Gasteiger partial charge in [0.2, 0.25) is 0 Å². The first-order chi connectivity index (χ1) is 9.02. The highest BCUT2D eigenvalue weighted by Crippen LogP contribution is 2.37. The highest BCUT2D eigenvalue weighted by atomic mass is 19.2. The summed E-state index contributed by atoms with van der Waals surface area (Å²) < 4.78 is 39.7. The number of hydrogen-bond donors (Lipinski definition) is 1. The van der Waals surface area contributed by atoms with Gasteiger partial charge in [0, 0.05) is 6.04 Å². The molecule has 0 amide bonds. The highest BCUT2D eigenvalue weighted by Gasteiger charge is 2.28. The molecule has 0 aliphatic heterocycles. The molecule has 1 fully saturated rings. The zero-order valence-electron chi connectivity index (χ0n) is 11.3. The summed E-state index contributed by atoms with van der Waals surface area (Å²) in [5.41, 5.74) is 0.498. The summed E-state index contributed by atoms with van der Waals surface area (Å²) in [6.45, 7) is 2.20. The lowest BCUT2D eigenvalue weighted by atomic mass is 9.76. The summed E-state index contributed by atoms with van der Waals surface area (Å²) >= 11 is 0. The van der Waals surface area contributed by atoms with E-state index >= 15 is 0 Å². The first-order valence-electron chi connectivity index (χ1n) is 6.84. The Bertz CT molecular complexity index is 424. The number of nitrogens with one attached hydrogen (secondary N) is 1. The molecule has 1 aliphatic carbocycles. The van der Waals surface area contributed by atoms with Crippen molar-refractivity contribution in [3.63, 3.8) is 0 Å². The van der Waals surface area contributed by atoms with Crippen molar-refractivity contribution in [1.82, 2.24) is 5.32 Å². The molecule has 0 spiro atoms. The van der Waals surface area contributed by atoms with Crippen LogP contribution in [0.25, 0.3) is 0 Å². The molecule has 19 heavy (non-hydrogen) atoms. The molecule has 1 saturated carbocycles. The van der Waals surface area contributed by atoms with Gasteiger partial charge in [-0.05, 0) is 49.4 Å². The van der Waals surface area contributed by atoms with Gasteiger partial charge in [-0.15, -0.1) is 0 Å². The minimum absolute atomic E-state index is 0.118. The van der Waals surface area contributed by atoms with E-state index in [2.05, 4.69) is 12.2 Å². The van der Waals surface area contributed by atoms with Crippen molar-refractivity contribution >= 4 is 0 Å². The van der Waals surface area contributed by atoms with Crippen LogP contribution in [0.3, 0.4) is 0 Å². The standard InChI is InChI=1S/C15H20F3N/c1-9-4-3-5-10(6-9)15(19-2)11-7-12(16)14(18)13(17)8-11/h7-10,15,19H,3-6H2,1-2H3. The quantitative estimate of drug-likeness (QED) is 0.813. The Hall–Kier alpha value is -1.03. The minimum Gasteiger partial charge on any atom is -0.313 e. The maximum absolute atomic E-state index is 13.3. The van der Waals surface area contributed by atoms with Crippen molar-refractivity contribution in [3.8, 4) is 0 Å². The molecule has 0 saturated heterocycles. The predicted molar refractivity (Wildman–Crippen MR) is 69.2 cm³/mol. The van der Waals surface area contributed by atoms with E-state index < -0.39 is 17.5 Å². The SMILES string of the molecule is CNC(c1cc(F)c(F)c(F)c1)C1CCCC(C)C1. The van der Waals surface area contributed by atoms with Gasteiger partial charge in [0.1, 0.15) is 0 Å². The molecule has 3 atom stereocenters. The molecule has 0 bridgehead atoms. The van der Waals surface area contributed by atoms with E-state index in [9.17, 15) is 13.2 Å². The fourth-order valence-corrected chi connectivity index (χ4v) is 3.21. The fraction of sp³-hybridized carbons (Fsp3) is 0.600. The van der Waals surface area contributed by atoms with E-state index in [-0.39, 0.29) is 6.04 Å². The second-order valence-electron chi connectivity index (χ2n) is 5.60. The smallest absolute Gasteiger partial charge is 0.194 e. The molecule has 0 aromatic heterocycles. The Morgan fingerprint density at radius 1 is 1.16 bits per heavy atom. The van der Waals surface area contributed by atoms with Crippen LogP contribution in [0.2, 0.25) is 0 Å². The monoisotopic (exact) mass is 271 g/mol. The Labute approximate surface area is 112 Å². The summed E-state index contributed by atoms with van der Waals surface area (Å²) in [6, 6.07) is 2.10. The fourth-order valence-electron chi connectivity index (χ4n) is 3.21. The molecular formula is C15H20F3N. The molecule has 0 heterocycles. The minimum atomic E-state index is -1.39. The van der Waals surface area contributed by atoms with E-state index in [1.165, 1.54) is 6.42 Å². The molecule has 1 nitrogen and oxygen atoms in total. The van der Waals surface area contributed by atoms with E-state index in [0.29, 0.717) is 17.4 Å². The van der Waals surface area contributed by atoms with Gasteiger partial charge in [0.15, 0.2) is 17.5 Å². The van der Waals surface area contributed by atoms with Crippen molar-refractivity contribution in [1.29, 1.82) is 0 Å². The van der Waals surface area contributed by atoms with Crippen molar-refractivity contribution in [3.05, 3.63) is 35.1 Å². The van der Waals surface area contributed by atoms with Crippen molar-refractivity contribution < 1.29 is 13.2 Å². The van der Waals surface area contributed by atoms with Crippen LogP contribution in [0.15, 0.2) is 12.1 Å². The van der Waals surface area contributed by atoms with Crippen LogP contribution >= 0.6 is 0 Å². The van der Waals surface area contributed by atoms with Gasteiger partial charge in [0.05, 0.1) is 0 Å². The van der Waals surface area contributed by atoms with Crippen LogP contribution in [0.1, 0.15) is 44.2 Å². The van der Waals surface area contributed by atoms with Crippen molar-refractivity contribution in [2.24, 2.45) is 11.8 Å². The van der Waals surface area contributed by atoms with Crippen molar-refractivity contribution in [2.45, 2.75) is 38.6 Å². The molecule has 1 aromatic carbocycles. The largest absolute Gasteiger partial charge is 0.313 e. The van der Waals surface area contributed by atoms with Gasteiger partial charge in [-0.3, -0.25) is 0 Å². The van der Waals surface area contributed by atoms with E-state index in [4.69, 9.17) is 0 Å². The van der Waals surface area contributed by atoms with Gasteiger partial charge in [0.25, 0.3) is 0 Å². The van der Waals surface area contributed by atoms with Gasteiger partial charge in [-0.1, -0.05) is 19.8 Å². The Morgan fingerprint density at radius 3 is 2.32 bits per heavy atom. The number of halogens is 3. The molecule has 1 aromatic rings. The lowest BCUT2D eigenvalue weighted by Crippen LogP contribution is -2.29. The lowest BCUT2D eigenvalue weighted by Gasteiger charge is -2.33. The van der Waals surface area contributed by atoms with Crippen LogP contribution in [0.5, 0.6) is 0 Å². The van der Waals surface area contributed by atoms with E-state index in [1.54, 1.807) is 7.05 Å². The lowest BCUT2D eigenvalue weighted by molar-refractivity contribution is 0.229. The molecule has 3 unspecified atom stereocenters. The third-order valence-electron chi connectivity index (χ3n) is 4.12. The van der Waals surface area contributed by atoms with Crippen molar-refractivity contribution in [2.75, 3.05) is 7.05 Å². The van der Waals surface area contributed by atoms with Crippen LogP contribution in [0, 0.1) is 29.3 Å². The summed E-state index contributed by atoms with van der Waals surface area (Å²) in [5, 5.41) is 3.13. The Morgan fingerprint density at radius 2 is 1.79 bits per heavy atom. The summed E-state index contributed by atoms with van der Waals surface area (Å²) in [6.07, 6.45) is 4.41. The van der Waals surface area contributed by atoms with E-state index in [1.807, 2.05) is 0 Å². The third kappa shape index (κ3) is 3.11. The van der Waals surface area contributed by atoms with Crippen LogP contribution in [-0.4, -0.2) is 7.05 Å². The predicted octanol–water partition coefficient (Wildman–Crippen LogP) is 4.19. The number of hydrogen-bond acceptors (Lipinski definition) is 1. The van der Waals surface area contributed by atoms with Crippen LogP contribution < -0.4 is 5.32 Å². The molecule has 1 aliphatic rings. The zero-order chi connectivity index (χ0) is 14.0.